The first-order valence-electron chi connectivity index (χ1n) is 4.73. The van der Waals surface area contributed by atoms with Gasteiger partial charge in [0.2, 0.25) is 0 Å². The van der Waals surface area contributed by atoms with E-state index in [1.165, 1.54) is 12.3 Å². The molecule has 0 bridgehead atoms. The molecule has 0 saturated heterocycles. The van der Waals surface area contributed by atoms with Gasteiger partial charge in [-0.15, -0.1) is 0 Å². The minimum atomic E-state index is -0.878. The van der Waals surface area contributed by atoms with E-state index >= 15 is 0 Å². The van der Waals surface area contributed by atoms with Crippen LogP contribution in [0.3, 0.4) is 0 Å². The zero-order valence-corrected chi connectivity index (χ0v) is 8.80. The number of hydrogen-bond donors (Lipinski definition) is 3. The van der Waals surface area contributed by atoms with Crippen LogP contribution in [0.25, 0.3) is 0 Å². The predicted molar refractivity (Wildman–Crippen MR) is 58.0 cm³/mol. The van der Waals surface area contributed by atoms with Crippen LogP contribution in [0.15, 0.2) is 18.3 Å². The monoisotopic (exact) mass is 223 g/mol. The van der Waals surface area contributed by atoms with Gasteiger partial charge in [0.25, 0.3) is 5.91 Å². The minimum Gasteiger partial charge on any atom is -0.481 e. The highest BCUT2D eigenvalue weighted by Gasteiger charge is 2.10. The topological polar surface area (TPSA) is 105 Å². The maximum Gasteiger partial charge on any atom is 0.308 e. The molecule has 0 aliphatic heterocycles. The molecule has 0 saturated carbocycles. The highest BCUT2D eigenvalue weighted by Crippen LogP contribution is 2.08. The molecule has 0 radical (unpaired) electrons. The zero-order chi connectivity index (χ0) is 12.1. The first-order valence-corrected chi connectivity index (χ1v) is 4.73. The molecule has 1 amide bonds. The van der Waals surface area contributed by atoms with Gasteiger partial charge in [0.1, 0.15) is 5.69 Å². The number of nitrogens with zero attached hydrogens (tertiary/aromatic N) is 1. The van der Waals surface area contributed by atoms with Gasteiger partial charge >= 0.3 is 5.97 Å². The number of carbonyl (C=O) groups excluding carboxylic acids is 1. The van der Waals surface area contributed by atoms with Crippen LogP contribution in [0.4, 0.5) is 5.69 Å². The predicted octanol–water partition coefficient (Wildman–Crippen LogP) is 0.313. The fraction of sp³-hybridized carbons (Fsp3) is 0.300. The van der Waals surface area contributed by atoms with Crippen molar-refractivity contribution in [1.82, 2.24) is 4.98 Å². The Morgan fingerprint density at radius 2 is 2.31 bits per heavy atom. The quantitative estimate of drug-likeness (QED) is 0.666. The molecule has 0 aromatic carbocycles. The van der Waals surface area contributed by atoms with E-state index in [-0.39, 0.29) is 12.2 Å². The number of carboxylic acids is 1. The molecule has 0 aliphatic carbocycles. The number of pyridine rings is 1. The summed E-state index contributed by atoms with van der Waals surface area (Å²) >= 11 is 0. The third-order valence-corrected chi connectivity index (χ3v) is 2.05. The van der Waals surface area contributed by atoms with Gasteiger partial charge in [0.15, 0.2) is 0 Å². The number of carbonyl (C=O) groups is 2. The van der Waals surface area contributed by atoms with Crippen molar-refractivity contribution < 1.29 is 14.7 Å². The van der Waals surface area contributed by atoms with Crippen molar-refractivity contribution in [3.05, 3.63) is 24.0 Å². The van der Waals surface area contributed by atoms with E-state index in [0.717, 1.165) is 0 Å². The van der Waals surface area contributed by atoms with Gasteiger partial charge in [0.05, 0.1) is 5.92 Å². The molecule has 4 N–H and O–H groups in total. The van der Waals surface area contributed by atoms with Gasteiger partial charge < -0.3 is 16.2 Å². The molecule has 1 aromatic heterocycles. The highest BCUT2D eigenvalue weighted by atomic mass is 16.4. The van der Waals surface area contributed by atoms with Crippen molar-refractivity contribution in [2.24, 2.45) is 11.7 Å². The van der Waals surface area contributed by atoms with Crippen molar-refractivity contribution in [1.29, 1.82) is 0 Å². The summed E-state index contributed by atoms with van der Waals surface area (Å²) < 4.78 is 0. The minimum absolute atomic E-state index is 0.146. The maximum atomic E-state index is 10.8. The Balaban J connectivity index is 2.64. The van der Waals surface area contributed by atoms with Gasteiger partial charge in [-0.1, -0.05) is 6.92 Å². The lowest BCUT2D eigenvalue weighted by atomic mass is 10.2. The third kappa shape index (κ3) is 3.23. The summed E-state index contributed by atoms with van der Waals surface area (Å²) in [6.07, 6.45) is 1.44. The van der Waals surface area contributed by atoms with Gasteiger partial charge in [-0.2, -0.15) is 0 Å². The highest BCUT2D eigenvalue weighted by molar-refractivity contribution is 5.91. The number of hydrogen-bond acceptors (Lipinski definition) is 4. The fourth-order valence-electron chi connectivity index (χ4n) is 1.03. The summed E-state index contributed by atoms with van der Waals surface area (Å²) in [4.78, 5) is 25.2. The number of nitrogens with two attached hydrogens (primary N) is 1. The average Bonchev–Trinajstić information content (AvgIpc) is 2.26. The molecule has 6 heteroatoms. The molecule has 6 nitrogen and oxygen atoms in total. The van der Waals surface area contributed by atoms with E-state index < -0.39 is 17.8 Å². The second-order valence-electron chi connectivity index (χ2n) is 3.41. The van der Waals surface area contributed by atoms with Crippen molar-refractivity contribution in [3.63, 3.8) is 0 Å². The Kier molecular flexibility index (Phi) is 3.82. The Bertz CT molecular complexity index is 406. The maximum absolute atomic E-state index is 10.8. The molecule has 16 heavy (non-hydrogen) atoms. The Morgan fingerprint density at radius 1 is 1.62 bits per heavy atom. The number of aliphatic carboxylic acids is 1. The van der Waals surface area contributed by atoms with Crippen LogP contribution in [0, 0.1) is 5.92 Å². The summed E-state index contributed by atoms with van der Waals surface area (Å²) in [5.74, 6) is -2.00. The molecule has 86 valence electrons. The van der Waals surface area contributed by atoms with Crippen LogP contribution in [0.2, 0.25) is 0 Å². The lowest BCUT2D eigenvalue weighted by Crippen LogP contribution is -2.20. The molecule has 0 spiro atoms. The van der Waals surface area contributed by atoms with Crippen molar-refractivity contribution in [2.45, 2.75) is 6.92 Å². The van der Waals surface area contributed by atoms with Crippen molar-refractivity contribution >= 4 is 17.6 Å². The average molecular weight is 223 g/mol. The van der Waals surface area contributed by atoms with Crippen LogP contribution in [0.5, 0.6) is 0 Å². The SMILES string of the molecule is CC(CNc1ccnc(C(N)=O)c1)C(=O)O. The largest absolute Gasteiger partial charge is 0.481 e. The third-order valence-electron chi connectivity index (χ3n) is 2.05. The van der Waals surface area contributed by atoms with Gasteiger partial charge in [-0.3, -0.25) is 14.6 Å². The summed E-state index contributed by atoms with van der Waals surface area (Å²) in [5.41, 5.74) is 5.83. The number of anilines is 1. The normalized spacial score (nSPS) is 11.8. The van der Waals surface area contributed by atoms with Gasteiger partial charge in [-0.05, 0) is 12.1 Å². The first-order chi connectivity index (χ1) is 7.50. The molecule has 1 heterocycles. The molecular weight excluding hydrogens is 210 g/mol. The van der Waals surface area contributed by atoms with E-state index in [1.54, 1.807) is 13.0 Å². The van der Waals surface area contributed by atoms with Crippen LogP contribution in [-0.4, -0.2) is 28.5 Å². The Labute approximate surface area is 92.5 Å². The van der Waals surface area contributed by atoms with E-state index in [0.29, 0.717) is 5.69 Å². The number of primary amides is 1. The smallest absolute Gasteiger partial charge is 0.308 e. The van der Waals surface area contributed by atoms with E-state index in [9.17, 15) is 9.59 Å². The van der Waals surface area contributed by atoms with E-state index in [1.807, 2.05) is 0 Å². The first kappa shape index (κ1) is 12.0. The summed E-state index contributed by atoms with van der Waals surface area (Å²) in [6, 6.07) is 3.12. The van der Waals surface area contributed by atoms with Crippen LogP contribution < -0.4 is 11.1 Å². The van der Waals surface area contributed by atoms with E-state index in [2.05, 4.69) is 10.3 Å². The number of carboxylic acid groups (broad SMARTS) is 1. The van der Waals surface area contributed by atoms with Gasteiger partial charge in [-0.25, -0.2) is 0 Å². The fourth-order valence-corrected chi connectivity index (χ4v) is 1.03. The van der Waals surface area contributed by atoms with Crippen LogP contribution in [-0.2, 0) is 4.79 Å². The second-order valence-corrected chi connectivity index (χ2v) is 3.41. The summed E-state index contributed by atoms with van der Waals surface area (Å²) in [5, 5.41) is 11.6. The lowest BCUT2D eigenvalue weighted by molar-refractivity contribution is -0.140. The van der Waals surface area contributed by atoms with Crippen molar-refractivity contribution in [2.75, 3.05) is 11.9 Å². The number of aromatic nitrogens is 1. The molecule has 0 aliphatic rings. The Hall–Kier alpha value is -2.11. The molecule has 1 atom stereocenters. The molecule has 0 fully saturated rings. The van der Waals surface area contributed by atoms with Gasteiger partial charge in [0, 0.05) is 18.4 Å². The zero-order valence-electron chi connectivity index (χ0n) is 8.80. The molecule has 1 aromatic rings. The molecular formula is C10H13N3O3. The standard InChI is InChI=1S/C10H13N3O3/c1-6(10(15)16)5-13-7-2-3-12-8(4-7)9(11)14/h2-4,6H,5H2,1H3,(H2,11,14)(H,12,13)(H,15,16). The summed E-state index contributed by atoms with van der Waals surface area (Å²) in [7, 11) is 0. The number of amides is 1. The van der Waals surface area contributed by atoms with E-state index in [4.69, 9.17) is 10.8 Å². The van der Waals surface area contributed by atoms with Crippen LogP contribution in [0.1, 0.15) is 17.4 Å². The number of rotatable bonds is 5. The summed E-state index contributed by atoms with van der Waals surface area (Å²) in [6.45, 7) is 1.86. The van der Waals surface area contributed by atoms with Crippen molar-refractivity contribution in [3.8, 4) is 0 Å². The molecule has 1 unspecified atom stereocenters. The van der Waals surface area contributed by atoms with Crippen LogP contribution >= 0.6 is 0 Å². The Morgan fingerprint density at radius 3 is 2.88 bits per heavy atom. The number of nitrogens with one attached hydrogen (secondary N) is 1. The molecule has 1 rings (SSSR count). The lowest BCUT2D eigenvalue weighted by Gasteiger charge is -2.09. The second kappa shape index (κ2) is 5.11.